The quantitative estimate of drug-likeness (QED) is 0.877. The van der Waals surface area contributed by atoms with Crippen molar-refractivity contribution >= 4 is 35.0 Å². The summed E-state index contributed by atoms with van der Waals surface area (Å²) in [7, 11) is 1.67. The zero-order chi connectivity index (χ0) is 17.7. The van der Waals surface area contributed by atoms with Gasteiger partial charge in [0.25, 0.3) is 5.91 Å². The second-order valence-corrected chi connectivity index (χ2v) is 6.33. The lowest BCUT2D eigenvalue weighted by molar-refractivity contribution is -0.132. The lowest BCUT2D eigenvalue weighted by Gasteiger charge is -2.22. The van der Waals surface area contributed by atoms with Crippen molar-refractivity contribution in [2.75, 3.05) is 7.05 Å². The Labute approximate surface area is 151 Å². The van der Waals surface area contributed by atoms with Gasteiger partial charge in [-0.3, -0.25) is 9.59 Å². The molecule has 2 aromatic rings. The molecule has 1 N–H and O–H groups in total. The SMILES string of the molecule is C[C@@H](NC(=O)c1ccccc1)C(=O)N(C)Cc1ccc(Cl)cc1Cl. The van der Waals surface area contributed by atoms with Crippen LogP contribution in [0.25, 0.3) is 0 Å². The van der Waals surface area contributed by atoms with Crippen LogP contribution in [0.3, 0.4) is 0 Å². The van der Waals surface area contributed by atoms with Crippen LogP contribution in [-0.4, -0.2) is 29.8 Å². The molecule has 0 aliphatic carbocycles. The number of nitrogens with zero attached hydrogens (tertiary/aromatic N) is 1. The summed E-state index contributed by atoms with van der Waals surface area (Å²) >= 11 is 12.0. The van der Waals surface area contributed by atoms with Crippen LogP contribution in [0.15, 0.2) is 48.5 Å². The Morgan fingerprint density at radius 1 is 1.12 bits per heavy atom. The Balaban J connectivity index is 1.98. The van der Waals surface area contributed by atoms with E-state index in [4.69, 9.17) is 23.2 Å². The first-order chi connectivity index (χ1) is 11.4. The number of hydrogen-bond donors (Lipinski definition) is 1. The molecular weight excluding hydrogens is 347 g/mol. The molecule has 0 bridgehead atoms. The molecule has 0 aliphatic rings. The lowest BCUT2D eigenvalue weighted by atomic mass is 10.1. The summed E-state index contributed by atoms with van der Waals surface area (Å²) in [5, 5.41) is 3.75. The molecule has 0 aliphatic heterocycles. The van der Waals surface area contributed by atoms with E-state index < -0.39 is 6.04 Å². The van der Waals surface area contributed by atoms with E-state index in [9.17, 15) is 9.59 Å². The molecule has 2 aromatic carbocycles. The van der Waals surface area contributed by atoms with E-state index in [1.54, 1.807) is 56.4 Å². The standard InChI is InChI=1S/C18H18Cl2N2O2/c1-12(21-17(23)13-6-4-3-5-7-13)18(24)22(2)11-14-8-9-15(19)10-16(14)20/h3-10,12H,11H2,1-2H3,(H,21,23)/t12-/m1/s1. The Hall–Kier alpha value is -2.04. The minimum atomic E-state index is -0.645. The van der Waals surface area contributed by atoms with Gasteiger partial charge in [-0.2, -0.15) is 0 Å². The van der Waals surface area contributed by atoms with Gasteiger partial charge in [-0.15, -0.1) is 0 Å². The van der Waals surface area contributed by atoms with Crippen LogP contribution >= 0.6 is 23.2 Å². The Morgan fingerprint density at radius 2 is 1.79 bits per heavy atom. The highest BCUT2D eigenvalue weighted by Crippen LogP contribution is 2.22. The van der Waals surface area contributed by atoms with Gasteiger partial charge >= 0.3 is 0 Å². The fourth-order valence-electron chi connectivity index (χ4n) is 2.25. The van der Waals surface area contributed by atoms with Gasteiger partial charge in [-0.05, 0) is 36.8 Å². The molecule has 0 saturated heterocycles. The van der Waals surface area contributed by atoms with Crippen molar-refractivity contribution < 1.29 is 9.59 Å². The molecule has 0 spiro atoms. The lowest BCUT2D eigenvalue weighted by Crippen LogP contribution is -2.45. The predicted octanol–water partition coefficient (Wildman–Crippen LogP) is 3.77. The first-order valence-electron chi connectivity index (χ1n) is 7.43. The van der Waals surface area contributed by atoms with Gasteiger partial charge in [0.2, 0.25) is 5.91 Å². The van der Waals surface area contributed by atoms with Gasteiger partial charge < -0.3 is 10.2 Å². The van der Waals surface area contributed by atoms with Gasteiger partial charge in [0.05, 0.1) is 0 Å². The Bertz CT molecular complexity index is 735. The maximum atomic E-state index is 12.4. The number of hydrogen-bond acceptors (Lipinski definition) is 2. The maximum Gasteiger partial charge on any atom is 0.251 e. The molecule has 1 atom stereocenters. The first-order valence-corrected chi connectivity index (χ1v) is 8.19. The smallest absolute Gasteiger partial charge is 0.251 e. The van der Waals surface area contributed by atoms with Gasteiger partial charge in [0.1, 0.15) is 6.04 Å². The highest BCUT2D eigenvalue weighted by molar-refractivity contribution is 6.35. The minimum Gasteiger partial charge on any atom is -0.341 e. The number of nitrogens with one attached hydrogen (secondary N) is 1. The summed E-state index contributed by atoms with van der Waals surface area (Å²) in [6.07, 6.45) is 0. The highest BCUT2D eigenvalue weighted by atomic mass is 35.5. The number of carbonyl (C=O) groups is 2. The number of benzene rings is 2. The molecule has 0 fully saturated rings. The highest BCUT2D eigenvalue weighted by Gasteiger charge is 2.20. The molecule has 0 radical (unpaired) electrons. The molecule has 4 nitrogen and oxygen atoms in total. The molecule has 0 aromatic heterocycles. The maximum absolute atomic E-state index is 12.4. The third-order valence-electron chi connectivity index (χ3n) is 3.55. The van der Waals surface area contributed by atoms with Crippen LogP contribution in [0, 0.1) is 0 Å². The first kappa shape index (κ1) is 18.3. The molecule has 2 rings (SSSR count). The molecule has 2 amide bonds. The summed E-state index contributed by atoms with van der Waals surface area (Å²) in [4.78, 5) is 26.1. The van der Waals surface area contributed by atoms with E-state index >= 15 is 0 Å². The zero-order valence-electron chi connectivity index (χ0n) is 13.4. The number of carbonyl (C=O) groups excluding carboxylic acids is 2. The monoisotopic (exact) mass is 364 g/mol. The van der Waals surface area contributed by atoms with Crippen molar-refractivity contribution in [2.24, 2.45) is 0 Å². The van der Waals surface area contributed by atoms with E-state index in [0.29, 0.717) is 22.2 Å². The van der Waals surface area contributed by atoms with Crippen LogP contribution in [0.4, 0.5) is 0 Å². The fraction of sp³-hybridized carbons (Fsp3) is 0.222. The Morgan fingerprint density at radius 3 is 2.42 bits per heavy atom. The molecule has 6 heteroatoms. The van der Waals surface area contributed by atoms with Crippen molar-refractivity contribution in [1.82, 2.24) is 10.2 Å². The van der Waals surface area contributed by atoms with Crippen LogP contribution in [0.5, 0.6) is 0 Å². The average Bonchev–Trinajstić information content (AvgIpc) is 2.57. The minimum absolute atomic E-state index is 0.203. The molecular formula is C18H18Cl2N2O2. The Kier molecular flexibility index (Phi) is 6.23. The fourth-order valence-corrected chi connectivity index (χ4v) is 2.71. The molecule has 0 unspecified atom stereocenters. The van der Waals surface area contributed by atoms with E-state index in [0.717, 1.165) is 5.56 Å². The summed E-state index contributed by atoms with van der Waals surface area (Å²) in [5.74, 6) is -0.486. The van der Waals surface area contributed by atoms with E-state index in [2.05, 4.69) is 5.32 Å². The third-order valence-corrected chi connectivity index (χ3v) is 4.14. The van der Waals surface area contributed by atoms with Crippen molar-refractivity contribution in [3.63, 3.8) is 0 Å². The average molecular weight is 365 g/mol. The topological polar surface area (TPSA) is 49.4 Å². The largest absolute Gasteiger partial charge is 0.341 e. The van der Waals surface area contributed by atoms with Crippen molar-refractivity contribution in [3.05, 3.63) is 69.7 Å². The normalized spacial score (nSPS) is 11.7. The number of halogens is 2. The molecule has 0 saturated carbocycles. The second kappa shape index (κ2) is 8.18. The number of likely N-dealkylation sites (N-methyl/N-ethyl adjacent to an activating group) is 1. The van der Waals surface area contributed by atoms with Crippen molar-refractivity contribution in [2.45, 2.75) is 19.5 Å². The van der Waals surface area contributed by atoms with E-state index in [-0.39, 0.29) is 11.8 Å². The summed E-state index contributed by atoms with van der Waals surface area (Å²) in [6.45, 7) is 1.99. The molecule has 0 heterocycles. The van der Waals surface area contributed by atoms with Crippen LogP contribution < -0.4 is 5.32 Å². The molecule has 126 valence electrons. The van der Waals surface area contributed by atoms with Gasteiger partial charge in [-0.25, -0.2) is 0 Å². The van der Waals surface area contributed by atoms with Crippen molar-refractivity contribution in [1.29, 1.82) is 0 Å². The summed E-state index contributed by atoms with van der Waals surface area (Å²) < 4.78 is 0. The van der Waals surface area contributed by atoms with E-state index in [1.165, 1.54) is 4.90 Å². The van der Waals surface area contributed by atoms with Gasteiger partial charge in [-0.1, -0.05) is 47.5 Å². The number of amides is 2. The summed E-state index contributed by atoms with van der Waals surface area (Å²) in [5.41, 5.74) is 1.30. The van der Waals surface area contributed by atoms with Crippen molar-refractivity contribution in [3.8, 4) is 0 Å². The van der Waals surface area contributed by atoms with Gasteiger partial charge in [0.15, 0.2) is 0 Å². The van der Waals surface area contributed by atoms with E-state index in [1.807, 2.05) is 6.07 Å². The zero-order valence-corrected chi connectivity index (χ0v) is 14.9. The predicted molar refractivity (Wildman–Crippen MR) is 96.3 cm³/mol. The number of rotatable bonds is 5. The third kappa shape index (κ3) is 4.73. The molecule has 24 heavy (non-hydrogen) atoms. The summed E-state index contributed by atoms with van der Waals surface area (Å²) in [6, 6.07) is 13.3. The van der Waals surface area contributed by atoms with Gasteiger partial charge in [0, 0.05) is 29.2 Å². The van der Waals surface area contributed by atoms with Crippen LogP contribution in [0.2, 0.25) is 10.0 Å². The van der Waals surface area contributed by atoms with Crippen LogP contribution in [0.1, 0.15) is 22.8 Å². The second-order valence-electron chi connectivity index (χ2n) is 5.49. The van der Waals surface area contributed by atoms with Crippen LogP contribution in [-0.2, 0) is 11.3 Å².